The van der Waals surface area contributed by atoms with Gasteiger partial charge in [0.2, 0.25) is 5.91 Å². The van der Waals surface area contributed by atoms with Gasteiger partial charge in [0, 0.05) is 18.2 Å². The van der Waals surface area contributed by atoms with E-state index in [0.717, 1.165) is 11.4 Å². The number of nitrogens with one attached hydrogen (secondary N) is 1. The zero-order valence-corrected chi connectivity index (χ0v) is 13.2. The van der Waals surface area contributed by atoms with Gasteiger partial charge in [0.1, 0.15) is 11.5 Å². The molecule has 3 rings (SSSR count). The third-order valence-electron chi connectivity index (χ3n) is 3.28. The Balaban J connectivity index is 2.11. The first-order valence-electron chi connectivity index (χ1n) is 7.33. The van der Waals surface area contributed by atoms with Crippen LogP contribution >= 0.6 is 0 Å². The van der Waals surface area contributed by atoms with E-state index in [-0.39, 0.29) is 5.91 Å². The predicted octanol–water partition coefficient (Wildman–Crippen LogP) is 2.89. The summed E-state index contributed by atoms with van der Waals surface area (Å²) in [6.45, 7) is 5.61. The summed E-state index contributed by atoms with van der Waals surface area (Å²) in [5.74, 6) is 1.28. The minimum atomic E-state index is -0.117. The Bertz CT molecular complexity index is 836. The summed E-state index contributed by atoms with van der Waals surface area (Å²) in [5.41, 5.74) is 2.36. The van der Waals surface area contributed by atoms with Crippen LogP contribution in [0.25, 0.3) is 17.4 Å². The lowest BCUT2D eigenvalue weighted by atomic mass is 10.3. The first-order chi connectivity index (χ1) is 11.1. The second-order valence-corrected chi connectivity index (χ2v) is 5.16. The molecule has 0 saturated carbocycles. The molecular formula is C16H17N5O2. The van der Waals surface area contributed by atoms with Crippen molar-refractivity contribution in [3.05, 3.63) is 41.9 Å². The molecule has 0 bridgehead atoms. The van der Waals surface area contributed by atoms with E-state index in [1.165, 1.54) is 0 Å². The number of furan rings is 1. The topological polar surface area (TPSA) is 85.8 Å². The average Bonchev–Trinajstić information content (AvgIpc) is 3.16. The lowest BCUT2D eigenvalue weighted by molar-refractivity contribution is -0.115. The molecular weight excluding hydrogens is 294 g/mol. The van der Waals surface area contributed by atoms with Crippen molar-refractivity contribution < 1.29 is 9.21 Å². The van der Waals surface area contributed by atoms with Gasteiger partial charge < -0.3 is 9.73 Å². The smallest absolute Gasteiger partial charge is 0.253 e. The molecule has 0 aliphatic rings. The summed E-state index contributed by atoms with van der Waals surface area (Å²) in [6, 6.07) is 7.21. The number of amides is 1. The number of hydrogen-bond donors (Lipinski definition) is 1. The molecule has 0 aliphatic carbocycles. The summed E-state index contributed by atoms with van der Waals surface area (Å²) in [6.07, 6.45) is 1.94. The molecule has 3 aromatic rings. The molecule has 0 aliphatic heterocycles. The van der Waals surface area contributed by atoms with E-state index in [2.05, 4.69) is 20.4 Å². The lowest BCUT2D eigenvalue weighted by Crippen LogP contribution is -2.14. The molecule has 0 radical (unpaired) electrons. The highest BCUT2D eigenvalue weighted by Crippen LogP contribution is 2.22. The molecule has 0 spiro atoms. The molecule has 1 amide bonds. The summed E-state index contributed by atoms with van der Waals surface area (Å²) in [5, 5.41) is 7.15. The molecule has 0 unspecified atom stereocenters. The van der Waals surface area contributed by atoms with Gasteiger partial charge in [-0.3, -0.25) is 4.79 Å². The molecule has 3 aromatic heterocycles. The summed E-state index contributed by atoms with van der Waals surface area (Å²) >= 11 is 0. The highest BCUT2D eigenvalue weighted by atomic mass is 16.3. The highest BCUT2D eigenvalue weighted by Gasteiger charge is 2.13. The SMILES string of the molecule is CCC(=O)Nc1cc(-c2ccco2)nc(-n2nc(C)cc2C)n1. The number of aryl methyl sites for hydroxylation is 2. The van der Waals surface area contributed by atoms with Gasteiger partial charge in [-0.15, -0.1) is 0 Å². The van der Waals surface area contributed by atoms with Crippen LogP contribution in [0.4, 0.5) is 5.82 Å². The molecule has 3 heterocycles. The first-order valence-corrected chi connectivity index (χ1v) is 7.33. The van der Waals surface area contributed by atoms with Crippen LogP contribution in [0.3, 0.4) is 0 Å². The Morgan fingerprint density at radius 3 is 2.74 bits per heavy atom. The van der Waals surface area contributed by atoms with Gasteiger partial charge in [-0.25, -0.2) is 9.67 Å². The minimum Gasteiger partial charge on any atom is -0.463 e. The van der Waals surface area contributed by atoms with Crippen molar-refractivity contribution in [1.29, 1.82) is 0 Å². The standard InChI is InChI=1S/C16H17N5O2/c1-4-15(22)18-14-9-12(13-6-5-7-23-13)17-16(19-14)21-11(3)8-10(2)20-21/h5-9H,4H2,1-3H3,(H,17,18,19,22). The molecule has 118 valence electrons. The number of rotatable bonds is 4. The summed E-state index contributed by atoms with van der Waals surface area (Å²) in [4.78, 5) is 20.6. The maximum atomic E-state index is 11.7. The van der Waals surface area contributed by atoms with Gasteiger partial charge in [-0.05, 0) is 32.0 Å². The average molecular weight is 311 g/mol. The van der Waals surface area contributed by atoms with Gasteiger partial charge in [0.25, 0.3) is 5.95 Å². The Labute approximate surface area is 133 Å². The first kappa shape index (κ1) is 15.0. The Morgan fingerprint density at radius 2 is 2.13 bits per heavy atom. The van der Waals surface area contributed by atoms with Crippen LogP contribution < -0.4 is 5.32 Å². The number of anilines is 1. The van der Waals surface area contributed by atoms with Crippen LogP contribution in [0.1, 0.15) is 24.7 Å². The molecule has 0 saturated heterocycles. The molecule has 7 heteroatoms. The van der Waals surface area contributed by atoms with Crippen molar-refractivity contribution in [2.75, 3.05) is 5.32 Å². The zero-order valence-electron chi connectivity index (χ0n) is 13.2. The van der Waals surface area contributed by atoms with Crippen LogP contribution in [0.5, 0.6) is 0 Å². The van der Waals surface area contributed by atoms with Gasteiger partial charge in [0.05, 0.1) is 12.0 Å². The highest BCUT2D eigenvalue weighted by molar-refractivity contribution is 5.90. The summed E-state index contributed by atoms with van der Waals surface area (Å²) < 4.78 is 7.04. The van der Waals surface area contributed by atoms with E-state index >= 15 is 0 Å². The normalized spacial score (nSPS) is 10.7. The zero-order chi connectivity index (χ0) is 16.4. The van der Waals surface area contributed by atoms with Crippen molar-refractivity contribution in [3.8, 4) is 17.4 Å². The van der Waals surface area contributed by atoms with Crippen molar-refractivity contribution in [2.45, 2.75) is 27.2 Å². The lowest BCUT2D eigenvalue weighted by Gasteiger charge is -2.09. The van der Waals surface area contributed by atoms with Crippen molar-refractivity contribution in [1.82, 2.24) is 19.7 Å². The Hall–Kier alpha value is -2.96. The third-order valence-corrected chi connectivity index (χ3v) is 3.28. The minimum absolute atomic E-state index is 0.117. The van der Waals surface area contributed by atoms with Crippen LogP contribution in [0, 0.1) is 13.8 Å². The second-order valence-electron chi connectivity index (χ2n) is 5.16. The fourth-order valence-electron chi connectivity index (χ4n) is 2.21. The van der Waals surface area contributed by atoms with E-state index in [9.17, 15) is 4.79 Å². The predicted molar refractivity (Wildman–Crippen MR) is 85.3 cm³/mol. The fourth-order valence-corrected chi connectivity index (χ4v) is 2.21. The van der Waals surface area contributed by atoms with Crippen molar-refractivity contribution in [3.63, 3.8) is 0 Å². The second kappa shape index (κ2) is 6.04. The van der Waals surface area contributed by atoms with Gasteiger partial charge in [-0.1, -0.05) is 6.92 Å². The summed E-state index contributed by atoms with van der Waals surface area (Å²) in [7, 11) is 0. The van der Waals surface area contributed by atoms with E-state index in [4.69, 9.17) is 4.42 Å². The molecule has 7 nitrogen and oxygen atoms in total. The molecule has 23 heavy (non-hydrogen) atoms. The third kappa shape index (κ3) is 3.13. The number of carbonyl (C=O) groups excluding carboxylic acids is 1. The van der Waals surface area contributed by atoms with Crippen LogP contribution in [-0.4, -0.2) is 25.7 Å². The van der Waals surface area contributed by atoms with Gasteiger partial charge in [-0.2, -0.15) is 10.1 Å². The molecule has 0 fully saturated rings. The van der Waals surface area contributed by atoms with Gasteiger partial charge >= 0.3 is 0 Å². The largest absolute Gasteiger partial charge is 0.463 e. The van der Waals surface area contributed by atoms with Crippen LogP contribution in [0.2, 0.25) is 0 Å². The van der Waals surface area contributed by atoms with Gasteiger partial charge in [0.15, 0.2) is 5.76 Å². The Morgan fingerprint density at radius 1 is 1.30 bits per heavy atom. The number of aromatic nitrogens is 4. The molecule has 0 aromatic carbocycles. The fraction of sp³-hybridized carbons (Fsp3) is 0.250. The van der Waals surface area contributed by atoms with E-state index < -0.39 is 0 Å². The Kier molecular flexibility index (Phi) is 3.92. The maximum Gasteiger partial charge on any atom is 0.253 e. The maximum absolute atomic E-state index is 11.7. The quantitative estimate of drug-likeness (QED) is 0.800. The number of carbonyl (C=O) groups is 1. The monoisotopic (exact) mass is 311 g/mol. The van der Waals surface area contributed by atoms with Crippen molar-refractivity contribution >= 4 is 11.7 Å². The van der Waals surface area contributed by atoms with Crippen LogP contribution in [0.15, 0.2) is 34.9 Å². The number of nitrogens with zero attached hydrogens (tertiary/aromatic N) is 4. The van der Waals surface area contributed by atoms with E-state index in [0.29, 0.717) is 29.6 Å². The molecule has 1 N–H and O–H groups in total. The van der Waals surface area contributed by atoms with Crippen molar-refractivity contribution in [2.24, 2.45) is 0 Å². The number of hydrogen-bond acceptors (Lipinski definition) is 5. The van der Waals surface area contributed by atoms with Crippen LogP contribution in [-0.2, 0) is 4.79 Å². The van der Waals surface area contributed by atoms with E-state index in [1.54, 1.807) is 36.1 Å². The van der Waals surface area contributed by atoms with E-state index in [1.807, 2.05) is 19.9 Å². The molecule has 0 atom stereocenters.